The van der Waals surface area contributed by atoms with E-state index in [4.69, 9.17) is 4.42 Å². The van der Waals surface area contributed by atoms with Crippen LogP contribution in [0.3, 0.4) is 0 Å². The average molecular weight is 343 g/mol. The topological polar surface area (TPSA) is 91.6 Å². The number of likely N-dealkylation sites (tertiary alicyclic amines) is 1. The second kappa shape index (κ2) is 7.94. The minimum absolute atomic E-state index is 0.00502. The van der Waals surface area contributed by atoms with Gasteiger partial charge in [0.2, 0.25) is 5.09 Å². The summed E-state index contributed by atoms with van der Waals surface area (Å²) in [5.41, 5.74) is 0. The normalized spacial score (nSPS) is 19.7. The molecule has 1 unspecified atom stereocenters. The standard InChI is InChI=1S/C15H25N3O4S/c1-12-5-3-9-18(11-12)10-4-8-17-15(19)13-6-7-14(22-13)23(20,21)16-2/h6-7,12,16H,3-5,8-11H2,1-2H3,(H,17,19). The number of amides is 1. The Morgan fingerprint density at radius 2 is 2.22 bits per heavy atom. The lowest BCUT2D eigenvalue weighted by molar-refractivity contribution is 0.0917. The number of carbonyl (C=O) groups is 1. The highest BCUT2D eigenvalue weighted by atomic mass is 32.2. The van der Waals surface area contributed by atoms with E-state index in [-0.39, 0.29) is 10.9 Å². The SMILES string of the molecule is CNS(=O)(=O)c1ccc(C(=O)NCCCN2CCCC(C)C2)o1. The second-order valence-electron chi connectivity index (χ2n) is 5.98. The van der Waals surface area contributed by atoms with E-state index < -0.39 is 15.9 Å². The predicted octanol–water partition coefficient (Wildman–Crippen LogP) is 1.04. The molecule has 1 aliphatic heterocycles. The van der Waals surface area contributed by atoms with Gasteiger partial charge in [0.25, 0.3) is 15.9 Å². The smallest absolute Gasteiger partial charge is 0.287 e. The van der Waals surface area contributed by atoms with Gasteiger partial charge in [-0.2, -0.15) is 0 Å². The van der Waals surface area contributed by atoms with Crippen molar-refractivity contribution < 1.29 is 17.6 Å². The fraction of sp³-hybridized carbons (Fsp3) is 0.667. The number of carbonyl (C=O) groups excluding carboxylic acids is 1. The molecule has 0 aromatic carbocycles. The van der Waals surface area contributed by atoms with Gasteiger partial charge in [0.1, 0.15) is 0 Å². The second-order valence-corrected chi connectivity index (χ2v) is 7.80. The van der Waals surface area contributed by atoms with Crippen molar-refractivity contribution in [2.45, 2.75) is 31.3 Å². The zero-order valence-corrected chi connectivity index (χ0v) is 14.5. The summed E-state index contributed by atoms with van der Waals surface area (Å²) in [4.78, 5) is 14.4. The number of nitrogens with zero attached hydrogens (tertiary/aromatic N) is 1. The Labute approximate surface area is 137 Å². The fourth-order valence-corrected chi connectivity index (χ4v) is 3.42. The third kappa shape index (κ3) is 5.05. The van der Waals surface area contributed by atoms with Gasteiger partial charge in [-0.3, -0.25) is 4.79 Å². The van der Waals surface area contributed by atoms with Crippen molar-refractivity contribution in [3.63, 3.8) is 0 Å². The monoisotopic (exact) mass is 343 g/mol. The van der Waals surface area contributed by atoms with Crippen molar-refractivity contribution in [2.75, 3.05) is 33.2 Å². The Morgan fingerprint density at radius 1 is 1.43 bits per heavy atom. The van der Waals surface area contributed by atoms with E-state index in [0.29, 0.717) is 6.54 Å². The third-order valence-electron chi connectivity index (χ3n) is 4.02. The van der Waals surface area contributed by atoms with Gasteiger partial charge in [-0.15, -0.1) is 0 Å². The van der Waals surface area contributed by atoms with E-state index >= 15 is 0 Å². The van der Waals surface area contributed by atoms with Gasteiger partial charge in [-0.1, -0.05) is 6.92 Å². The van der Waals surface area contributed by atoms with Crippen molar-refractivity contribution in [3.8, 4) is 0 Å². The predicted molar refractivity (Wildman–Crippen MR) is 86.7 cm³/mol. The van der Waals surface area contributed by atoms with E-state index in [1.165, 1.54) is 32.0 Å². The molecule has 23 heavy (non-hydrogen) atoms. The first kappa shape index (κ1) is 18.0. The van der Waals surface area contributed by atoms with Crippen LogP contribution in [0.2, 0.25) is 0 Å². The number of nitrogens with one attached hydrogen (secondary N) is 2. The minimum atomic E-state index is -3.66. The van der Waals surface area contributed by atoms with Gasteiger partial charge < -0.3 is 14.6 Å². The van der Waals surface area contributed by atoms with Crippen LogP contribution in [0.4, 0.5) is 0 Å². The van der Waals surface area contributed by atoms with E-state index in [2.05, 4.69) is 21.9 Å². The summed E-state index contributed by atoms with van der Waals surface area (Å²) in [7, 11) is -2.37. The Hall–Kier alpha value is -1.38. The zero-order valence-electron chi connectivity index (χ0n) is 13.7. The molecule has 1 atom stereocenters. The van der Waals surface area contributed by atoms with Crippen LogP contribution in [0.5, 0.6) is 0 Å². The van der Waals surface area contributed by atoms with E-state index in [9.17, 15) is 13.2 Å². The number of sulfonamides is 1. The maximum atomic E-state index is 11.9. The summed E-state index contributed by atoms with van der Waals surface area (Å²) >= 11 is 0. The van der Waals surface area contributed by atoms with Crippen molar-refractivity contribution in [3.05, 3.63) is 17.9 Å². The van der Waals surface area contributed by atoms with Gasteiger partial charge >= 0.3 is 0 Å². The molecule has 1 fully saturated rings. The highest BCUT2D eigenvalue weighted by Gasteiger charge is 2.19. The van der Waals surface area contributed by atoms with Crippen molar-refractivity contribution in [1.82, 2.24) is 14.9 Å². The van der Waals surface area contributed by atoms with Crippen LogP contribution in [-0.2, 0) is 10.0 Å². The highest BCUT2D eigenvalue weighted by Crippen LogP contribution is 2.15. The number of furan rings is 1. The van der Waals surface area contributed by atoms with Gasteiger partial charge in [0.15, 0.2) is 5.76 Å². The van der Waals surface area contributed by atoms with Crippen LogP contribution < -0.4 is 10.0 Å². The molecule has 1 aromatic heterocycles. The summed E-state index contributed by atoms with van der Waals surface area (Å²) in [6.07, 6.45) is 3.40. The van der Waals surface area contributed by atoms with E-state index in [0.717, 1.165) is 32.0 Å². The molecule has 1 aromatic rings. The average Bonchev–Trinajstić information content (AvgIpc) is 3.02. The third-order valence-corrected chi connectivity index (χ3v) is 5.30. The maximum absolute atomic E-state index is 11.9. The van der Waals surface area contributed by atoms with Crippen LogP contribution in [-0.4, -0.2) is 52.5 Å². The van der Waals surface area contributed by atoms with E-state index in [1.54, 1.807) is 0 Å². The molecule has 8 heteroatoms. The van der Waals surface area contributed by atoms with Crippen LogP contribution in [0.25, 0.3) is 0 Å². The molecule has 7 nitrogen and oxygen atoms in total. The largest absolute Gasteiger partial charge is 0.438 e. The molecule has 0 aliphatic carbocycles. The van der Waals surface area contributed by atoms with Gasteiger partial charge in [-0.25, -0.2) is 13.1 Å². The quantitative estimate of drug-likeness (QED) is 0.722. The Kier molecular flexibility index (Phi) is 6.20. The lowest BCUT2D eigenvalue weighted by Crippen LogP contribution is -2.36. The lowest BCUT2D eigenvalue weighted by atomic mass is 10.0. The van der Waals surface area contributed by atoms with Gasteiger partial charge in [0.05, 0.1) is 0 Å². The maximum Gasteiger partial charge on any atom is 0.287 e. The van der Waals surface area contributed by atoms with Gasteiger partial charge in [-0.05, 0) is 57.5 Å². The summed E-state index contributed by atoms with van der Waals surface area (Å²) in [6, 6.07) is 2.64. The summed E-state index contributed by atoms with van der Waals surface area (Å²) in [5.74, 6) is 0.356. The van der Waals surface area contributed by atoms with Crippen LogP contribution in [0.1, 0.15) is 36.7 Å². The zero-order chi connectivity index (χ0) is 16.9. The molecule has 130 valence electrons. The highest BCUT2D eigenvalue weighted by molar-refractivity contribution is 7.89. The molecule has 0 saturated carbocycles. The Balaban J connectivity index is 1.75. The fourth-order valence-electron chi connectivity index (χ4n) is 2.77. The molecule has 1 saturated heterocycles. The van der Waals surface area contributed by atoms with Crippen LogP contribution in [0, 0.1) is 5.92 Å². The molecule has 0 spiro atoms. The summed E-state index contributed by atoms with van der Waals surface area (Å²) in [6.45, 7) is 6.02. The minimum Gasteiger partial charge on any atom is -0.438 e. The first-order chi connectivity index (χ1) is 10.9. The molecule has 1 amide bonds. The molecular formula is C15H25N3O4S. The van der Waals surface area contributed by atoms with Crippen molar-refractivity contribution in [2.24, 2.45) is 5.92 Å². The summed E-state index contributed by atoms with van der Waals surface area (Å²) in [5, 5.41) is 2.50. The first-order valence-electron chi connectivity index (χ1n) is 7.96. The molecule has 2 rings (SSSR count). The van der Waals surface area contributed by atoms with Crippen LogP contribution >= 0.6 is 0 Å². The molecule has 1 aliphatic rings. The number of hydrogen-bond acceptors (Lipinski definition) is 5. The Bertz CT molecular complexity index is 626. The van der Waals surface area contributed by atoms with Gasteiger partial charge in [0, 0.05) is 13.1 Å². The Morgan fingerprint density at radius 3 is 2.91 bits per heavy atom. The molecule has 2 heterocycles. The van der Waals surface area contributed by atoms with E-state index in [1.807, 2.05) is 0 Å². The number of rotatable bonds is 7. The number of hydrogen-bond donors (Lipinski definition) is 2. The summed E-state index contributed by atoms with van der Waals surface area (Å²) < 4.78 is 30.3. The molecular weight excluding hydrogens is 318 g/mol. The number of piperidine rings is 1. The lowest BCUT2D eigenvalue weighted by Gasteiger charge is -2.30. The van der Waals surface area contributed by atoms with Crippen LogP contribution in [0.15, 0.2) is 21.6 Å². The first-order valence-corrected chi connectivity index (χ1v) is 9.44. The van der Waals surface area contributed by atoms with Crippen molar-refractivity contribution >= 4 is 15.9 Å². The van der Waals surface area contributed by atoms with Crippen molar-refractivity contribution in [1.29, 1.82) is 0 Å². The molecule has 2 N–H and O–H groups in total. The molecule has 0 radical (unpaired) electrons. The molecule has 0 bridgehead atoms.